The number of nitriles is 1. The third-order valence-electron chi connectivity index (χ3n) is 5.21. The van der Waals surface area contributed by atoms with Crippen LogP contribution >= 0.6 is 12.2 Å². The summed E-state index contributed by atoms with van der Waals surface area (Å²) in [7, 11) is 0. The summed E-state index contributed by atoms with van der Waals surface area (Å²) in [5, 5.41) is 9.29. The van der Waals surface area contributed by atoms with Crippen LogP contribution in [0.1, 0.15) is 32.8 Å². The normalized spacial score (nSPS) is 20.3. The molecule has 2 aromatic heterocycles. The van der Waals surface area contributed by atoms with Gasteiger partial charge in [-0.3, -0.25) is 14.7 Å². The van der Waals surface area contributed by atoms with Crippen LogP contribution in [0, 0.1) is 16.1 Å². The van der Waals surface area contributed by atoms with Crippen molar-refractivity contribution in [3.63, 3.8) is 0 Å². The molecular formula is C20H22N6O3S. The molecule has 3 saturated heterocycles. The number of nitrogens with zero attached hydrogens (tertiary/aromatic N) is 4. The number of hydrogen-bond donors (Lipinski definition) is 2. The van der Waals surface area contributed by atoms with Crippen LogP contribution in [0.4, 0.5) is 10.6 Å². The SMILES string of the molecule is CC(C)(C)OC(=O)N1C2CC1CN(c1ccc(-c3[nH]c(=S)[nH]c(=O)c3C#N)cn1)C2. The van der Waals surface area contributed by atoms with Crippen LogP contribution in [0.15, 0.2) is 23.1 Å². The van der Waals surface area contributed by atoms with Crippen molar-refractivity contribution in [2.75, 3.05) is 18.0 Å². The fraction of sp³-hybridized carbons (Fsp3) is 0.450. The lowest BCUT2D eigenvalue weighted by molar-refractivity contribution is -0.0380. The summed E-state index contributed by atoms with van der Waals surface area (Å²) in [4.78, 5) is 38.1. The largest absolute Gasteiger partial charge is 0.444 e. The van der Waals surface area contributed by atoms with Gasteiger partial charge in [0.25, 0.3) is 5.56 Å². The number of fused-ring (bicyclic) bond motifs is 2. The first kappa shape index (κ1) is 20.1. The molecule has 1 amide bonds. The number of piperazine rings is 1. The van der Waals surface area contributed by atoms with Gasteiger partial charge < -0.3 is 14.6 Å². The number of rotatable bonds is 2. The number of ether oxygens (including phenoxy) is 1. The highest BCUT2D eigenvalue weighted by atomic mass is 32.1. The number of amides is 1. The monoisotopic (exact) mass is 426 g/mol. The van der Waals surface area contributed by atoms with Crippen LogP contribution in [0.3, 0.4) is 0 Å². The molecule has 2 bridgehead atoms. The molecule has 0 aliphatic carbocycles. The Balaban J connectivity index is 1.50. The van der Waals surface area contributed by atoms with Crippen molar-refractivity contribution in [3.8, 4) is 17.3 Å². The third-order valence-corrected chi connectivity index (χ3v) is 5.42. The van der Waals surface area contributed by atoms with Gasteiger partial charge in [-0.05, 0) is 51.5 Å². The highest BCUT2D eigenvalue weighted by Crippen LogP contribution is 2.35. The van der Waals surface area contributed by atoms with Crippen LogP contribution in [-0.4, -0.2) is 56.7 Å². The van der Waals surface area contributed by atoms with E-state index < -0.39 is 11.2 Å². The number of nitrogens with one attached hydrogen (secondary N) is 2. The van der Waals surface area contributed by atoms with E-state index in [0.29, 0.717) is 24.3 Å². The molecule has 0 radical (unpaired) electrons. The lowest BCUT2D eigenvalue weighted by atomic mass is 9.88. The van der Waals surface area contributed by atoms with Crippen LogP contribution in [0.25, 0.3) is 11.3 Å². The molecule has 0 spiro atoms. The number of H-pyrrole nitrogens is 2. The van der Waals surface area contributed by atoms with E-state index in [4.69, 9.17) is 17.0 Å². The van der Waals surface area contributed by atoms with Gasteiger partial charge in [0.2, 0.25) is 0 Å². The fourth-order valence-corrected chi connectivity index (χ4v) is 4.13. The number of pyridine rings is 1. The van der Waals surface area contributed by atoms with Gasteiger partial charge in [0.15, 0.2) is 4.77 Å². The van der Waals surface area contributed by atoms with Crippen LogP contribution in [-0.2, 0) is 4.74 Å². The van der Waals surface area contributed by atoms with Gasteiger partial charge in [-0.15, -0.1) is 0 Å². The van der Waals surface area contributed by atoms with Gasteiger partial charge in [-0.2, -0.15) is 5.26 Å². The van der Waals surface area contributed by atoms with E-state index in [2.05, 4.69) is 19.9 Å². The maximum Gasteiger partial charge on any atom is 0.410 e. The first-order valence-electron chi connectivity index (χ1n) is 9.65. The lowest BCUT2D eigenvalue weighted by Gasteiger charge is -2.56. The molecule has 2 N–H and O–H groups in total. The molecule has 2 aromatic rings. The molecule has 2 atom stereocenters. The molecule has 10 heteroatoms. The summed E-state index contributed by atoms with van der Waals surface area (Å²) in [6.07, 6.45) is 2.31. The van der Waals surface area contributed by atoms with Crippen LogP contribution in [0.2, 0.25) is 0 Å². The van der Waals surface area contributed by atoms with Crippen molar-refractivity contribution in [1.82, 2.24) is 19.9 Å². The van der Waals surface area contributed by atoms with Gasteiger partial charge >= 0.3 is 6.09 Å². The Hall–Kier alpha value is -3.19. The van der Waals surface area contributed by atoms with Gasteiger partial charge in [0, 0.05) is 24.8 Å². The van der Waals surface area contributed by atoms with Crippen LogP contribution in [0.5, 0.6) is 0 Å². The number of aromatic nitrogens is 3. The second kappa shape index (κ2) is 7.25. The van der Waals surface area contributed by atoms with Gasteiger partial charge in [-0.25, -0.2) is 9.78 Å². The topological polar surface area (TPSA) is 118 Å². The minimum absolute atomic E-state index is 0.0367. The Morgan fingerprint density at radius 1 is 1.30 bits per heavy atom. The number of anilines is 1. The predicted octanol–water partition coefficient (Wildman–Crippen LogP) is 2.56. The fourth-order valence-electron chi connectivity index (χ4n) is 3.94. The first-order valence-corrected chi connectivity index (χ1v) is 10.1. The highest BCUT2D eigenvalue weighted by molar-refractivity contribution is 7.71. The molecule has 0 aromatic carbocycles. The molecular weight excluding hydrogens is 404 g/mol. The van der Waals surface area contributed by atoms with E-state index in [1.807, 2.05) is 37.8 Å². The average Bonchev–Trinajstić information content (AvgIpc) is 2.66. The molecule has 3 aliphatic rings. The van der Waals surface area contributed by atoms with Crippen molar-refractivity contribution in [2.45, 2.75) is 44.9 Å². The highest BCUT2D eigenvalue weighted by Gasteiger charge is 2.49. The smallest absolute Gasteiger partial charge is 0.410 e. The number of carbonyl (C=O) groups is 1. The zero-order valence-electron chi connectivity index (χ0n) is 16.9. The van der Waals surface area contributed by atoms with Crippen molar-refractivity contribution in [3.05, 3.63) is 39.0 Å². The predicted molar refractivity (Wildman–Crippen MR) is 113 cm³/mol. The maximum absolute atomic E-state index is 12.4. The van der Waals surface area contributed by atoms with Crippen molar-refractivity contribution >= 4 is 24.1 Å². The van der Waals surface area contributed by atoms with Crippen molar-refractivity contribution < 1.29 is 9.53 Å². The Labute approximate surface area is 178 Å². The minimum Gasteiger partial charge on any atom is -0.444 e. The summed E-state index contributed by atoms with van der Waals surface area (Å²) in [5.74, 6) is 0.777. The second-order valence-electron chi connectivity index (χ2n) is 8.51. The summed E-state index contributed by atoms with van der Waals surface area (Å²) in [6.45, 7) is 6.95. The van der Waals surface area contributed by atoms with E-state index in [-0.39, 0.29) is 28.5 Å². The van der Waals surface area contributed by atoms with E-state index in [1.165, 1.54) is 0 Å². The van der Waals surface area contributed by atoms with Gasteiger partial charge in [0.05, 0.1) is 17.8 Å². The van der Waals surface area contributed by atoms with Gasteiger partial charge in [-0.1, -0.05) is 0 Å². The third kappa shape index (κ3) is 3.68. The molecule has 2 unspecified atom stereocenters. The number of aromatic amines is 2. The summed E-state index contributed by atoms with van der Waals surface area (Å²) < 4.78 is 5.66. The lowest BCUT2D eigenvalue weighted by Crippen LogP contribution is -2.70. The zero-order chi connectivity index (χ0) is 21.6. The van der Waals surface area contributed by atoms with Crippen molar-refractivity contribution in [2.24, 2.45) is 0 Å². The van der Waals surface area contributed by atoms with Crippen molar-refractivity contribution in [1.29, 1.82) is 5.26 Å². The van der Waals surface area contributed by atoms with E-state index in [1.54, 1.807) is 12.3 Å². The first-order chi connectivity index (χ1) is 14.2. The molecule has 0 saturated carbocycles. The Morgan fingerprint density at radius 3 is 2.57 bits per heavy atom. The van der Waals surface area contributed by atoms with E-state index in [9.17, 15) is 14.9 Å². The standard InChI is InChI=1S/C20H22N6O3S/c1-20(2,3)29-19(28)26-12-6-13(26)10-25(9-12)15-5-4-11(8-22-15)16-14(7-21)17(27)24-18(30)23-16/h4-5,8,12-13H,6,9-10H2,1-3H3,(H2,23,24,27,30). The average molecular weight is 427 g/mol. The summed E-state index contributed by atoms with van der Waals surface area (Å²) in [5.41, 5.74) is -0.126. The molecule has 5 rings (SSSR count). The Bertz CT molecular complexity index is 1130. The number of carbonyl (C=O) groups excluding carboxylic acids is 1. The minimum atomic E-state index is -0.529. The number of piperidine rings is 1. The maximum atomic E-state index is 12.4. The molecule has 9 nitrogen and oxygen atoms in total. The van der Waals surface area contributed by atoms with Crippen LogP contribution < -0.4 is 10.5 Å². The Kier molecular flexibility index (Phi) is 4.86. The molecule has 3 fully saturated rings. The van der Waals surface area contributed by atoms with E-state index >= 15 is 0 Å². The summed E-state index contributed by atoms with van der Waals surface area (Å²) >= 11 is 5.01. The molecule has 30 heavy (non-hydrogen) atoms. The molecule has 3 aliphatic heterocycles. The van der Waals surface area contributed by atoms with E-state index in [0.717, 1.165) is 12.2 Å². The van der Waals surface area contributed by atoms with Gasteiger partial charge in [0.1, 0.15) is 23.1 Å². The quantitative estimate of drug-likeness (QED) is 0.709. The summed E-state index contributed by atoms with van der Waals surface area (Å²) in [6, 6.07) is 5.76. The number of hydrogen-bond acceptors (Lipinski definition) is 7. The Morgan fingerprint density at radius 2 is 2.00 bits per heavy atom. The second-order valence-corrected chi connectivity index (χ2v) is 8.92. The molecule has 5 heterocycles. The molecule has 156 valence electrons. The zero-order valence-corrected chi connectivity index (χ0v) is 17.7.